The minimum Gasteiger partial charge on any atom is -0.496 e. The second-order valence-corrected chi connectivity index (χ2v) is 10.6. The fourth-order valence-electron chi connectivity index (χ4n) is 5.03. The van der Waals surface area contributed by atoms with Gasteiger partial charge in [-0.1, -0.05) is 29.8 Å². The van der Waals surface area contributed by atoms with Crippen molar-refractivity contribution in [3.63, 3.8) is 0 Å². The summed E-state index contributed by atoms with van der Waals surface area (Å²) in [6.45, 7) is 4.65. The molecule has 10 heteroatoms. The van der Waals surface area contributed by atoms with Crippen LogP contribution in [0.5, 0.6) is 11.5 Å². The zero-order chi connectivity index (χ0) is 27.6. The van der Waals surface area contributed by atoms with E-state index in [-0.39, 0.29) is 18.1 Å². The zero-order valence-electron chi connectivity index (χ0n) is 22.6. The Morgan fingerprint density at radius 2 is 1.79 bits per heavy atom. The van der Waals surface area contributed by atoms with E-state index in [4.69, 9.17) is 31.5 Å². The SMILES string of the molecule is COc1cc(N)c(Cl)cc1C(=O)NCC1CCN(CC(COc2ccccc2)OC(=O)N2CCCCC2)CC1. The molecule has 0 aromatic heterocycles. The van der Waals surface area contributed by atoms with E-state index in [0.717, 1.165) is 64.0 Å². The molecule has 3 N–H and O–H groups in total. The van der Waals surface area contributed by atoms with E-state index < -0.39 is 0 Å². The van der Waals surface area contributed by atoms with Crippen molar-refractivity contribution in [1.29, 1.82) is 0 Å². The van der Waals surface area contributed by atoms with Gasteiger partial charge in [0.15, 0.2) is 6.10 Å². The molecule has 0 saturated carbocycles. The van der Waals surface area contributed by atoms with Crippen LogP contribution in [0.2, 0.25) is 5.02 Å². The van der Waals surface area contributed by atoms with Crippen molar-refractivity contribution < 1.29 is 23.8 Å². The number of piperidine rings is 2. The van der Waals surface area contributed by atoms with E-state index >= 15 is 0 Å². The Morgan fingerprint density at radius 3 is 2.49 bits per heavy atom. The van der Waals surface area contributed by atoms with Crippen molar-refractivity contribution in [3.05, 3.63) is 53.1 Å². The van der Waals surface area contributed by atoms with Crippen molar-refractivity contribution in [2.24, 2.45) is 5.92 Å². The van der Waals surface area contributed by atoms with Crippen molar-refractivity contribution >= 4 is 29.3 Å². The topological polar surface area (TPSA) is 106 Å². The van der Waals surface area contributed by atoms with E-state index in [9.17, 15) is 9.59 Å². The maximum absolute atomic E-state index is 12.8. The smallest absolute Gasteiger partial charge is 0.410 e. The molecule has 0 radical (unpaired) electrons. The minimum absolute atomic E-state index is 0.237. The van der Waals surface area contributed by atoms with Crippen LogP contribution in [0.3, 0.4) is 0 Å². The number of benzene rings is 2. The second-order valence-electron chi connectivity index (χ2n) is 10.2. The molecule has 2 aromatic carbocycles. The van der Waals surface area contributed by atoms with E-state index in [1.807, 2.05) is 30.3 Å². The number of hydrogen-bond donors (Lipinski definition) is 2. The largest absolute Gasteiger partial charge is 0.496 e. The maximum atomic E-state index is 12.8. The van der Waals surface area contributed by atoms with Crippen LogP contribution < -0.4 is 20.5 Å². The van der Waals surface area contributed by atoms with Gasteiger partial charge < -0.3 is 30.2 Å². The Morgan fingerprint density at radius 1 is 1.08 bits per heavy atom. The predicted octanol–water partition coefficient (Wildman–Crippen LogP) is 4.44. The van der Waals surface area contributed by atoms with Gasteiger partial charge >= 0.3 is 6.09 Å². The lowest BCUT2D eigenvalue weighted by atomic mass is 9.96. The summed E-state index contributed by atoms with van der Waals surface area (Å²) >= 11 is 6.12. The van der Waals surface area contributed by atoms with Gasteiger partial charge in [0.1, 0.15) is 18.1 Å². The van der Waals surface area contributed by atoms with Crippen molar-refractivity contribution in [2.75, 3.05) is 58.7 Å². The zero-order valence-corrected chi connectivity index (χ0v) is 23.3. The third-order valence-corrected chi connectivity index (χ3v) is 7.67. The number of nitrogen functional groups attached to an aromatic ring is 1. The van der Waals surface area contributed by atoms with Crippen LogP contribution in [0.15, 0.2) is 42.5 Å². The quantitative estimate of drug-likeness (QED) is 0.415. The maximum Gasteiger partial charge on any atom is 0.410 e. The number of methoxy groups -OCH3 is 1. The monoisotopic (exact) mass is 558 g/mol. The summed E-state index contributed by atoms with van der Waals surface area (Å²) in [6, 6.07) is 12.7. The molecule has 2 amide bonds. The fraction of sp³-hybridized carbons (Fsp3) is 0.517. The molecule has 2 aliphatic rings. The van der Waals surface area contributed by atoms with Crippen LogP contribution >= 0.6 is 11.6 Å². The summed E-state index contributed by atoms with van der Waals surface area (Å²) in [5, 5.41) is 3.34. The van der Waals surface area contributed by atoms with Crippen molar-refractivity contribution in [3.8, 4) is 11.5 Å². The lowest BCUT2D eigenvalue weighted by Crippen LogP contribution is -2.46. The predicted molar refractivity (Wildman–Crippen MR) is 152 cm³/mol. The molecule has 2 fully saturated rings. The summed E-state index contributed by atoms with van der Waals surface area (Å²) in [4.78, 5) is 29.7. The van der Waals surface area contributed by atoms with Gasteiger partial charge in [0.05, 0.1) is 23.4 Å². The Bertz CT molecular complexity index is 1090. The van der Waals surface area contributed by atoms with Crippen LogP contribution in [0, 0.1) is 5.92 Å². The molecule has 1 atom stereocenters. The van der Waals surface area contributed by atoms with E-state index in [1.54, 1.807) is 11.0 Å². The third-order valence-electron chi connectivity index (χ3n) is 7.34. The Hall–Kier alpha value is -3.17. The first-order chi connectivity index (χ1) is 18.9. The molecule has 2 heterocycles. The number of anilines is 1. The highest BCUT2D eigenvalue weighted by molar-refractivity contribution is 6.33. The number of nitrogens with one attached hydrogen (secondary N) is 1. The number of para-hydroxylation sites is 1. The molecule has 9 nitrogen and oxygen atoms in total. The summed E-state index contributed by atoms with van der Waals surface area (Å²) in [5.41, 5.74) is 6.56. The number of nitrogens with two attached hydrogens (primary N) is 1. The average Bonchev–Trinajstić information content (AvgIpc) is 2.97. The van der Waals surface area contributed by atoms with Crippen LogP contribution in [-0.4, -0.2) is 80.9 Å². The number of nitrogens with zero attached hydrogens (tertiary/aromatic N) is 2. The number of carbonyl (C=O) groups excluding carboxylic acids is 2. The van der Waals surface area contributed by atoms with Crippen molar-refractivity contribution in [2.45, 2.75) is 38.2 Å². The van der Waals surface area contributed by atoms with E-state index in [2.05, 4.69) is 10.2 Å². The van der Waals surface area contributed by atoms with Gasteiger partial charge in [0, 0.05) is 32.2 Å². The molecule has 2 aliphatic heterocycles. The number of carbonyl (C=O) groups is 2. The van der Waals surface area contributed by atoms with Gasteiger partial charge in [0.25, 0.3) is 5.91 Å². The standard InChI is InChI=1S/C29H39ClN4O5/c1-37-27-17-26(31)25(30)16-24(27)28(35)32-18-21-10-14-33(15-11-21)19-23(20-38-22-8-4-2-5-9-22)39-29(36)34-12-6-3-7-13-34/h2,4-5,8-9,16-17,21,23H,3,6-7,10-15,18-20,31H2,1H3,(H,32,35). The molecule has 4 rings (SSSR count). The first kappa shape index (κ1) is 28.8. The molecular formula is C29H39ClN4O5. The van der Waals surface area contributed by atoms with E-state index in [0.29, 0.717) is 47.6 Å². The molecule has 2 aromatic rings. The number of amides is 2. The number of hydrogen-bond acceptors (Lipinski definition) is 7. The highest BCUT2D eigenvalue weighted by Crippen LogP contribution is 2.29. The molecule has 1 unspecified atom stereocenters. The minimum atomic E-state index is -0.376. The Labute approximate surface area is 235 Å². The third kappa shape index (κ3) is 8.41. The summed E-state index contributed by atoms with van der Waals surface area (Å²) in [5.74, 6) is 1.26. The van der Waals surface area contributed by atoms with Crippen LogP contribution in [0.25, 0.3) is 0 Å². The van der Waals surface area contributed by atoms with Gasteiger partial charge in [-0.3, -0.25) is 9.69 Å². The number of rotatable bonds is 10. The van der Waals surface area contributed by atoms with Gasteiger partial charge in [-0.2, -0.15) is 0 Å². The van der Waals surface area contributed by atoms with Crippen LogP contribution in [-0.2, 0) is 4.74 Å². The molecule has 2 saturated heterocycles. The summed E-state index contributed by atoms with van der Waals surface area (Å²) in [6.07, 6.45) is 4.40. The molecule has 0 bridgehead atoms. The highest BCUT2D eigenvalue weighted by atomic mass is 35.5. The Kier molecular flexibility index (Phi) is 10.6. The first-order valence-electron chi connectivity index (χ1n) is 13.7. The highest BCUT2D eigenvalue weighted by Gasteiger charge is 2.27. The molecular weight excluding hydrogens is 520 g/mol. The molecule has 212 valence electrons. The number of ether oxygens (including phenoxy) is 3. The van der Waals surface area contributed by atoms with Gasteiger partial charge in [-0.15, -0.1) is 0 Å². The Balaban J connectivity index is 1.27. The molecule has 0 aliphatic carbocycles. The van der Waals surface area contributed by atoms with Crippen molar-refractivity contribution in [1.82, 2.24) is 15.1 Å². The number of likely N-dealkylation sites (tertiary alicyclic amines) is 2. The lowest BCUT2D eigenvalue weighted by Gasteiger charge is -2.35. The average molecular weight is 559 g/mol. The van der Waals surface area contributed by atoms with E-state index in [1.165, 1.54) is 13.2 Å². The first-order valence-corrected chi connectivity index (χ1v) is 14.1. The summed E-state index contributed by atoms with van der Waals surface area (Å²) < 4.78 is 17.2. The molecule has 0 spiro atoms. The van der Waals surface area contributed by atoms with Crippen LogP contribution in [0.1, 0.15) is 42.5 Å². The molecule has 39 heavy (non-hydrogen) atoms. The van der Waals surface area contributed by atoms with Gasteiger partial charge in [0.2, 0.25) is 0 Å². The summed E-state index contributed by atoms with van der Waals surface area (Å²) in [7, 11) is 1.50. The van der Waals surface area contributed by atoms with Crippen LogP contribution in [0.4, 0.5) is 10.5 Å². The second kappa shape index (κ2) is 14.3. The lowest BCUT2D eigenvalue weighted by molar-refractivity contribution is 0.0120. The fourth-order valence-corrected chi connectivity index (χ4v) is 5.20. The number of halogens is 1. The normalized spacial score (nSPS) is 17.3. The van der Waals surface area contributed by atoms with Gasteiger partial charge in [-0.05, 0) is 69.3 Å². The van der Waals surface area contributed by atoms with Gasteiger partial charge in [-0.25, -0.2) is 4.79 Å².